The topological polar surface area (TPSA) is 47.6 Å². The van der Waals surface area contributed by atoms with Gasteiger partial charge < -0.3 is 14.8 Å². The predicted octanol–water partition coefficient (Wildman–Crippen LogP) is 4.42. The Labute approximate surface area is 146 Å². The highest BCUT2D eigenvalue weighted by Crippen LogP contribution is 2.45. The zero-order valence-electron chi connectivity index (χ0n) is 13.8. The van der Waals surface area contributed by atoms with Gasteiger partial charge in [-0.15, -0.1) is 0 Å². The van der Waals surface area contributed by atoms with Crippen LogP contribution < -0.4 is 14.8 Å². The van der Waals surface area contributed by atoms with Crippen molar-refractivity contribution in [3.63, 3.8) is 0 Å². The molecule has 5 heteroatoms. The van der Waals surface area contributed by atoms with E-state index < -0.39 is 5.41 Å². The smallest absolute Gasteiger partial charge is 0.235 e. The van der Waals surface area contributed by atoms with Crippen molar-refractivity contribution >= 4 is 23.2 Å². The largest absolute Gasteiger partial charge is 0.497 e. The van der Waals surface area contributed by atoms with Crippen molar-refractivity contribution in [2.45, 2.75) is 24.7 Å². The van der Waals surface area contributed by atoms with Gasteiger partial charge >= 0.3 is 0 Å². The second-order valence-corrected chi connectivity index (χ2v) is 6.40. The average molecular weight is 346 g/mol. The molecule has 1 N–H and O–H groups in total. The number of carbonyl (C=O) groups excluding carboxylic acids is 1. The van der Waals surface area contributed by atoms with Gasteiger partial charge in [-0.05, 0) is 42.7 Å². The Morgan fingerprint density at radius 2 is 1.79 bits per heavy atom. The fourth-order valence-electron chi connectivity index (χ4n) is 3.10. The van der Waals surface area contributed by atoms with Crippen molar-refractivity contribution in [3.05, 3.63) is 53.1 Å². The van der Waals surface area contributed by atoms with Crippen LogP contribution in [0.15, 0.2) is 42.5 Å². The average Bonchev–Trinajstić information content (AvgIpc) is 2.55. The molecule has 1 aliphatic carbocycles. The monoisotopic (exact) mass is 345 g/mol. The summed E-state index contributed by atoms with van der Waals surface area (Å²) in [6.07, 6.45) is 2.69. The summed E-state index contributed by atoms with van der Waals surface area (Å²) in [4.78, 5) is 13.0. The first-order valence-corrected chi connectivity index (χ1v) is 8.26. The maximum Gasteiger partial charge on any atom is 0.235 e. The van der Waals surface area contributed by atoms with E-state index in [4.69, 9.17) is 21.1 Å². The summed E-state index contributed by atoms with van der Waals surface area (Å²) >= 11 is 5.97. The SMILES string of the molecule is COc1ccc(OC)c(NC(=O)C2(c3ccc(Cl)cc3)CCC2)c1. The minimum Gasteiger partial charge on any atom is -0.497 e. The summed E-state index contributed by atoms with van der Waals surface area (Å²) in [6.45, 7) is 0. The summed E-state index contributed by atoms with van der Waals surface area (Å²) in [5.41, 5.74) is 1.11. The van der Waals surface area contributed by atoms with Crippen molar-refractivity contribution in [1.29, 1.82) is 0 Å². The predicted molar refractivity (Wildman–Crippen MR) is 95.2 cm³/mol. The standard InChI is InChI=1S/C19H20ClNO3/c1-23-15-8-9-17(24-2)16(12-15)21-18(22)19(10-3-11-19)13-4-6-14(20)7-5-13/h4-9,12H,3,10-11H2,1-2H3,(H,21,22). The van der Waals surface area contributed by atoms with Gasteiger partial charge in [-0.3, -0.25) is 4.79 Å². The lowest BCUT2D eigenvalue weighted by Crippen LogP contribution is -2.46. The van der Waals surface area contributed by atoms with Crippen molar-refractivity contribution < 1.29 is 14.3 Å². The normalized spacial score (nSPS) is 15.3. The first-order valence-electron chi connectivity index (χ1n) is 7.88. The van der Waals surface area contributed by atoms with Crippen LogP contribution >= 0.6 is 11.6 Å². The molecule has 2 aromatic rings. The van der Waals surface area contributed by atoms with Crippen LogP contribution in [0.4, 0.5) is 5.69 Å². The third-order valence-corrected chi connectivity index (χ3v) is 4.95. The molecule has 0 bridgehead atoms. The van der Waals surface area contributed by atoms with Gasteiger partial charge in [0.15, 0.2) is 0 Å². The zero-order valence-corrected chi connectivity index (χ0v) is 14.5. The number of rotatable bonds is 5. The summed E-state index contributed by atoms with van der Waals surface area (Å²) in [6, 6.07) is 12.9. The summed E-state index contributed by atoms with van der Waals surface area (Å²) in [5, 5.41) is 3.68. The third-order valence-electron chi connectivity index (χ3n) is 4.69. The molecule has 0 unspecified atom stereocenters. The number of halogens is 1. The Morgan fingerprint density at radius 3 is 2.33 bits per heavy atom. The van der Waals surface area contributed by atoms with Crippen LogP contribution in [0.5, 0.6) is 11.5 Å². The third kappa shape index (κ3) is 2.94. The van der Waals surface area contributed by atoms with Crippen molar-refractivity contribution in [1.82, 2.24) is 0 Å². The number of hydrogen-bond acceptors (Lipinski definition) is 3. The van der Waals surface area contributed by atoms with Crippen LogP contribution in [0.3, 0.4) is 0 Å². The van der Waals surface area contributed by atoms with Gasteiger partial charge in [-0.2, -0.15) is 0 Å². The Bertz CT molecular complexity index is 739. The number of methoxy groups -OCH3 is 2. The number of amides is 1. The van der Waals surface area contributed by atoms with Gasteiger partial charge in [-0.1, -0.05) is 30.2 Å². The molecular weight excluding hydrogens is 326 g/mol. The molecule has 0 aliphatic heterocycles. The molecule has 0 radical (unpaired) electrons. The van der Waals surface area contributed by atoms with E-state index in [1.165, 1.54) is 0 Å². The number of ether oxygens (including phenoxy) is 2. The number of hydrogen-bond donors (Lipinski definition) is 1. The molecule has 1 fully saturated rings. The Balaban J connectivity index is 1.89. The highest BCUT2D eigenvalue weighted by molar-refractivity contribution is 6.30. The van der Waals surface area contributed by atoms with Crippen molar-refractivity contribution in [2.75, 3.05) is 19.5 Å². The van der Waals surface area contributed by atoms with Crippen LogP contribution in [-0.2, 0) is 10.2 Å². The minimum absolute atomic E-state index is 0.0253. The molecule has 4 nitrogen and oxygen atoms in total. The molecule has 0 atom stereocenters. The lowest BCUT2D eigenvalue weighted by molar-refractivity contribution is -0.124. The van der Waals surface area contributed by atoms with E-state index in [2.05, 4.69) is 5.32 Å². The van der Waals surface area contributed by atoms with E-state index in [1.54, 1.807) is 32.4 Å². The number of anilines is 1. The van der Waals surface area contributed by atoms with E-state index in [9.17, 15) is 4.79 Å². The summed E-state index contributed by atoms with van der Waals surface area (Å²) in [7, 11) is 3.17. The van der Waals surface area contributed by atoms with E-state index >= 15 is 0 Å². The van der Waals surface area contributed by atoms with Gasteiger partial charge in [0.25, 0.3) is 0 Å². The Kier molecular flexibility index (Phi) is 4.67. The molecule has 3 rings (SSSR count). The fourth-order valence-corrected chi connectivity index (χ4v) is 3.23. The van der Waals surface area contributed by atoms with Crippen molar-refractivity contribution in [3.8, 4) is 11.5 Å². The Morgan fingerprint density at radius 1 is 1.08 bits per heavy atom. The molecule has 0 aromatic heterocycles. The quantitative estimate of drug-likeness (QED) is 0.872. The number of carbonyl (C=O) groups is 1. The molecule has 0 spiro atoms. The van der Waals surface area contributed by atoms with Gasteiger partial charge in [0.2, 0.25) is 5.91 Å². The molecule has 0 heterocycles. The van der Waals surface area contributed by atoms with Gasteiger partial charge in [0, 0.05) is 11.1 Å². The first-order chi connectivity index (χ1) is 11.6. The second kappa shape index (κ2) is 6.73. The maximum atomic E-state index is 13.0. The van der Waals surface area contributed by atoms with E-state index in [0.29, 0.717) is 22.2 Å². The van der Waals surface area contributed by atoms with Crippen LogP contribution in [-0.4, -0.2) is 20.1 Å². The Hall–Kier alpha value is -2.20. The maximum absolute atomic E-state index is 13.0. The van der Waals surface area contributed by atoms with E-state index in [0.717, 1.165) is 24.8 Å². The molecule has 1 amide bonds. The second-order valence-electron chi connectivity index (χ2n) is 5.96. The first kappa shape index (κ1) is 16.7. The molecule has 2 aromatic carbocycles. The molecule has 126 valence electrons. The van der Waals surface area contributed by atoms with Crippen LogP contribution in [0, 0.1) is 0 Å². The summed E-state index contributed by atoms with van der Waals surface area (Å²) < 4.78 is 10.6. The van der Waals surface area contributed by atoms with Crippen LogP contribution in [0.25, 0.3) is 0 Å². The molecule has 0 saturated heterocycles. The molecular formula is C19H20ClNO3. The molecule has 1 saturated carbocycles. The van der Waals surface area contributed by atoms with Crippen LogP contribution in [0.2, 0.25) is 5.02 Å². The fraction of sp³-hybridized carbons (Fsp3) is 0.316. The lowest BCUT2D eigenvalue weighted by Gasteiger charge is -2.40. The van der Waals surface area contributed by atoms with Gasteiger partial charge in [0.1, 0.15) is 11.5 Å². The van der Waals surface area contributed by atoms with Crippen molar-refractivity contribution in [2.24, 2.45) is 0 Å². The molecule has 24 heavy (non-hydrogen) atoms. The zero-order chi connectivity index (χ0) is 17.2. The van der Waals surface area contributed by atoms with Crippen LogP contribution in [0.1, 0.15) is 24.8 Å². The minimum atomic E-state index is -0.501. The molecule has 1 aliphatic rings. The lowest BCUT2D eigenvalue weighted by atomic mass is 9.64. The highest BCUT2D eigenvalue weighted by Gasteiger charge is 2.45. The number of benzene rings is 2. The van der Waals surface area contributed by atoms with Gasteiger partial charge in [0.05, 0.1) is 25.3 Å². The van der Waals surface area contributed by atoms with Gasteiger partial charge in [-0.25, -0.2) is 0 Å². The van der Waals surface area contributed by atoms with E-state index in [1.807, 2.05) is 24.3 Å². The number of nitrogens with one attached hydrogen (secondary N) is 1. The highest BCUT2D eigenvalue weighted by atomic mass is 35.5. The summed E-state index contributed by atoms with van der Waals surface area (Å²) in [5.74, 6) is 1.25. The van der Waals surface area contributed by atoms with E-state index in [-0.39, 0.29) is 5.91 Å².